The molecule has 0 aliphatic rings. The summed E-state index contributed by atoms with van der Waals surface area (Å²) in [6.07, 6.45) is -4.11. The fourth-order valence-corrected chi connectivity index (χ4v) is 1.97. The number of carbonyl (C=O) groups is 2. The molecular weight excluding hydrogens is 339 g/mol. The van der Waals surface area contributed by atoms with Gasteiger partial charge in [-0.1, -0.05) is 30.3 Å². The van der Waals surface area contributed by atoms with Gasteiger partial charge in [-0.2, -0.15) is 13.2 Å². The van der Waals surface area contributed by atoms with E-state index in [2.05, 4.69) is 5.32 Å². The molecule has 25 heavy (non-hydrogen) atoms. The van der Waals surface area contributed by atoms with E-state index in [-0.39, 0.29) is 6.54 Å². The molecule has 2 rings (SSSR count). The minimum absolute atomic E-state index is 0.170. The Bertz CT molecular complexity index is 817. The predicted molar refractivity (Wildman–Crippen MR) is 82.5 cm³/mol. The first-order valence-electron chi connectivity index (χ1n) is 7.15. The van der Waals surface area contributed by atoms with Crippen molar-refractivity contribution in [1.29, 1.82) is 0 Å². The maximum absolute atomic E-state index is 12.6. The molecule has 0 aliphatic carbocycles. The Morgan fingerprint density at radius 3 is 2.36 bits per heavy atom. The molecule has 0 bridgehead atoms. The van der Waals surface area contributed by atoms with Crippen LogP contribution in [0.4, 0.5) is 18.0 Å². The van der Waals surface area contributed by atoms with E-state index in [4.69, 9.17) is 0 Å². The van der Waals surface area contributed by atoms with Gasteiger partial charge in [-0.25, -0.2) is 4.79 Å². The molecule has 9 heteroatoms. The third-order valence-electron chi connectivity index (χ3n) is 3.17. The number of amides is 3. The van der Waals surface area contributed by atoms with Gasteiger partial charge < -0.3 is 9.88 Å². The third kappa shape index (κ3) is 5.48. The minimum Gasteiger partial charge on any atom is -0.334 e. The SMILES string of the molecule is O=C(Cn1cc(C(F)(F)F)ccc1=O)NC(=O)NCc1ccccc1. The van der Waals surface area contributed by atoms with Crippen molar-refractivity contribution in [2.45, 2.75) is 19.3 Å². The highest BCUT2D eigenvalue weighted by molar-refractivity contribution is 5.94. The number of carbonyl (C=O) groups excluding carboxylic acids is 2. The zero-order valence-corrected chi connectivity index (χ0v) is 12.8. The first-order chi connectivity index (χ1) is 11.8. The molecule has 2 aromatic rings. The van der Waals surface area contributed by atoms with Gasteiger partial charge >= 0.3 is 12.2 Å². The quantitative estimate of drug-likeness (QED) is 0.881. The van der Waals surface area contributed by atoms with Gasteiger partial charge in [0.15, 0.2) is 0 Å². The highest BCUT2D eigenvalue weighted by atomic mass is 19.4. The van der Waals surface area contributed by atoms with Gasteiger partial charge in [0.1, 0.15) is 6.54 Å². The van der Waals surface area contributed by atoms with Crippen LogP contribution in [0, 0.1) is 0 Å². The number of aromatic nitrogens is 1. The van der Waals surface area contributed by atoms with Crippen molar-refractivity contribution in [2.75, 3.05) is 0 Å². The van der Waals surface area contributed by atoms with Gasteiger partial charge in [-0.15, -0.1) is 0 Å². The van der Waals surface area contributed by atoms with Crippen LogP contribution in [0.3, 0.4) is 0 Å². The van der Waals surface area contributed by atoms with Crippen LogP contribution in [0.25, 0.3) is 0 Å². The number of urea groups is 1. The van der Waals surface area contributed by atoms with Gasteiger partial charge in [0, 0.05) is 18.8 Å². The van der Waals surface area contributed by atoms with E-state index < -0.39 is 35.8 Å². The number of rotatable bonds is 4. The largest absolute Gasteiger partial charge is 0.417 e. The molecule has 1 aromatic heterocycles. The van der Waals surface area contributed by atoms with Crippen molar-refractivity contribution in [3.8, 4) is 0 Å². The van der Waals surface area contributed by atoms with Gasteiger partial charge in [-0.05, 0) is 11.6 Å². The maximum atomic E-state index is 12.6. The lowest BCUT2D eigenvalue weighted by molar-refractivity contribution is -0.138. The van der Waals surface area contributed by atoms with Crippen molar-refractivity contribution in [2.24, 2.45) is 0 Å². The highest BCUT2D eigenvalue weighted by Gasteiger charge is 2.31. The Morgan fingerprint density at radius 1 is 1.04 bits per heavy atom. The second-order valence-electron chi connectivity index (χ2n) is 5.10. The number of hydrogen-bond acceptors (Lipinski definition) is 3. The monoisotopic (exact) mass is 353 g/mol. The number of benzene rings is 1. The average molecular weight is 353 g/mol. The minimum atomic E-state index is -4.64. The highest BCUT2D eigenvalue weighted by Crippen LogP contribution is 2.27. The zero-order valence-electron chi connectivity index (χ0n) is 12.8. The molecule has 6 nitrogen and oxygen atoms in total. The molecule has 1 heterocycles. The zero-order chi connectivity index (χ0) is 18.4. The van der Waals surface area contributed by atoms with E-state index in [0.717, 1.165) is 5.56 Å². The summed E-state index contributed by atoms with van der Waals surface area (Å²) in [7, 11) is 0. The Balaban J connectivity index is 1.93. The molecule has 0 saturated carbocycles. The fourth-order valence-electron chi connectivity index (χ4n) is 1.97. The van der Waals surface area contributed by atoms with Gasteiger partial charge in [0.25, 0.3) is 5.56 Å². The molecule has 3 amide bonds. The van der Waals surface area contributed by atoms with Gasteiger partial charge in [0.2, 0.25) is 5.91 Å². The Hall–Kier alpha value is -3.10. The van der Waals surface area contributed by atoms with Crippen LogP contribution < -0.4 is 16.2 Å². The molecule has 0 radical (unpaired) electrons. The number of hydrogen-bond donors (Lipinski definition) is 2. The van der Waals surface area contributed by atoms with Crippen LogP contribution in [-0.2, 0) is 24.1 Å². The average Bonchev–Trinajstić information content (AvgIpc) is 2.55. The Morgan fingerprint density at radius 2 is 1.72 bits per heavy atom. The lowest BCUT2D eigenvalue weighted by Crippen LogP contribution is -2.41. The summed E-state index contributed by atoms with van der Waals surface area (Å²) in [6.45, 7) is -0.537. The summed E-state index contributed by atoms with van der Waals surface area (Å²) < 4.78 is 38.5. The van der Waals surface area contributed by atoms with Crippen LogP contribution in [0.2, 0.25) is 0 Å². The van der Waals surface area contributed by atoms with Crippen molar-refractivity contribution in [3.63, 3.8) is 0 Å². The number of nitrogens with zero attached hydrogens (tertiary/aromatic N) is 1. The molecule has 0 saturated heterocycles. The summed E-state index contributed by atoms with van der Waals surface area (Å²) in [6, 6.07) is 9.43. The number of nitrogens with one attached hydrogen (secondary N) is 2. The van der Waals surface area contributed by atoms with E-state index in [9.17, 15) is 27.6 Å². The molecule has 0 fully saturated rings. The molecule has 2 N–H and O–H groups in total. The second kappa shape index (κ2) is 7.65. The first-order valence-corrected chi connectivity index (χ1v) is 7.15. The van der Waals surface area contributed by atoms with Crippen molar-refractivity contribution < 1.29 is 22.8 Å². The summed E-state index contributed by atoms with van der Waals surface area (Å²) >= 11 is 0. The van der Waals surface area contributed by atoms with Crippen LogP contribution in [-0.4, -0.2) is 16.5 Å². The Kier molecular flexibility index (Phi) is 5.58. The molecular formula is C16H14F3N3O3. The number of halogens is 3. The molecule has 0 spiro atoms. The lowest BCUT2D eigenvalue weighted by Gasteiger charge is -2.11. The summed E-state index contributed by atoms with van der Waals surface area (Å²) in [5.74, 6) is -0.910. The van der Waals surface area contributed by atoms with Crippen LogP contribution >= 0.6 is 0 Å². The van der Waals surface area contributed by atoms with Gasteiger partial charge in [-0.3, -0.25) is 14.9 Å². The van der Waals surface area contributed by atoms with Crippen LogP contribution in [0.15, 0.2) is 53.5 Å². The Labute approximate surface area is 140 Å². The number of imide groups is 1. The summed E-state index contributed by atoms with van der Waals surface area (Å²) in [5, 5.41) is 4.38. The standard InChI is InChI=1S/C16H14F3N3O3/c17-16(18,19)12-6-7-14(24)22(9-12)10-13(23)21-15(25)20-8-11-4-2-1-3-5-11/h1-7,9H,8,10H2,(H2,20,21,23,25). The van der Waals surface area contributed by atoms with Crippen molar-refractivity contribution in [3.05, 3.63) is 70.1 Å². The normalized spacial score (nSPS) is 11.0. The predicted octanol–water partition coefficient (Wildman–Crippen LogP) is 1.89. The smallest absolute Gasteiger partial charge is 0.334 e. The van der Waals surface area contributed by atoms with Crippen molar-refractivity contribution in [1.82, 2.24) is 15.2 Å². The van der Waals surface area contributed by atoms with Crippen molar-refractivity contribution >= 4 is 11.9 Å². The lowest BCUT2D eigenvalue weighted by atomic mass is 10.2. The second-order valence-corrected chi connectivity index (χ2v) is 5.10. The van der Waals surface area contributed by atoms with E-state index in [1.54, 1.807) is 30.3 Å². The van der Waals surface area contributed by atoms with E-state index >= 15 is 0 Å². The van der Waals surface area contributed by atoms with E-state index in [0.29, 0.717) is 22.9 Å². The fraction of sp³-hybridized carbons (Fsp3) is 0.188. The number of pyridine rings is 1. The maximum Gasteiger partial charge on any atom is 0.417 e. The molecule has 0 atom stereocenters. The van der Waals surface area contributed by atoms with Crippen LogP contribution in [0.5, 0.6) is 0 Å². The molecule has 1 aromatic carbocycles. The van der Waals surface area contributed by atoms with Crippen LogP contribution in [0.1, 0.15) is 11.1 Å². The summed E-state index contributed by atoms with van der Waals surface area (Å²) in [5.41, 5.74) is -1.04. The molecule has 0 unspecified atom stereocenters. The summed E-state index contributed by atoms with van der Waals surface area (Å²) in [4.78, 5) is 34.9. The molecule has 132 valence electrons. The first kappa shape index (κ1) is 18.2. The third-order valence-corrected chi connectivity index (χ3v) is 3.17. The number of alkyl halides is 3. The van der Waals surface area contributed by atoms with E-state index in [1.807, 2.05) is 5.32 Å². The molecule has 0 aliphatic heterocycles. The topological polar surface area (TPSA) is 80.2 Å². The van der Waals surface area contributed by atoms with E-state index in [1.165, 1.54) is 0 Å². The van der Waals surface area contributed by atoms with Gasteiger partial charge in [0.05, 0.1) is 5.56 Å².